The van der Waals surface area contributed by atoms with Crippen molar-refractivity contribution in [2.45, 2.75) is 12.8 Å². The van der Waals surface area contributed by atoms with Gasteiger partial charge in [-0.2, -0.15) is 0 Å². The van der Waals surface area contributed by atoms with Crippen LogP contribution in [-0.4, -0.2) is 0 Å². The van der Waals surface area contributed by atoms with Gasteiger partial charge in [-0.05, 0) is 182 Å². The van der Waals surface area contributed by atoms with E-state index >= 15 is 0 Å². The average molecular weight is 1280 g/mol. The molecule has 4 nitrogen and oxygen atoms in total. The Labute approximate surface area is 583 Å². The molecule has 0 unspecified atom stereocenters. The van der Waals surface area contributed by atoms with E-state index in [-0.39, 0.29) is 0 Å². The largest absolute Gasteiger partial charge is 0.313 e. The molecule has 0 heterocycles. The second-order valence-corrected chi connectivity index (χ2v) is 25.7. The summed E-state index contributed by atoms with van der Waals surface area (Å²) < 4.78 is 0. The lowest BCUT2D eigenvalue weighted by molar-refractivity contribution is 0.921. The van der Waals surface area contributed by atoms with E-state index in [0.717, 1.165) is 86.4 Å². The Morgan fingerprint density at radius 1 is 0.180 bits per heavy atom. The van der Waals surface area contributed by atoms with Crippen molar-refractivity contribution < 1.29 is 0 Å². The molecule has 0 radical (unpaired) electrons. The Balaban J connectivity index is 0.799. The molecular weight excluding hydrogens is 1210 g/mol. The molecule has 100 heavy (non-hydrogen) atoms. The minimum Gasteiger partial charge on any atom is -0.313 e. The second kappa shape index (κ2) is 25.9. The molecule has 0 atom stereocenters. The zero-order valence-corrected chi connectivity index (χ0v) is 55.2. The first kappa shape index (κ1) is 59.5. The summed E-state index contributed by atoms with van der Waals surface area (Å²) >= 11 is 0. The summed E-state index contributed by atoms with van der Waals surface area (Å²) in [4.78, 5) is 9.77. The predicted octanol–water partition coefficient (Wildman–Crippen LogP) is 27.4. The highest BCUT2D eigenvalue weighted by Gasteiger charge is 2.27. The maximum absolute atomic E-state index is 2.51. The van der Waals surface area contributed by atoms with Crippen LogP contribution in [0.3, 0.4) is 0 Å². The van der Waals surface area contributed by atoms with Gasteiger partial charge in [0.25, 0.3) is 0 Å². The minimum atomic E-state index is 0.952. The van der Waals surface area contributed by atoms with Crippen molar-refractivity contribution >= 4 is 127 Å². The maximum atomic E-state index is 2.51. The van der Waals surface area contributed by atoms with Gasteiger partial charge in [0.05, 0.1) is 17.1 Å². The van der Waals surface area contributed by atoms with E-state index in [4.69, 9.17) is 0 Å². The summed E-state index contributed by atoms with van der Waals surface area (Å²) in [5.74, 6) is 0. The standard InChI is InChI=1S/C96H68N4/c1-7-31-70(32-8-1)98(71-33-9-2-10-34-71)94-85-49-25-19-43-79(85)91(80-44-20-26-50-86(80)94)67-55-61-76(62-56-67)97(77-63-57-68(58-64-77)92-81-45-21-27-51-87(81)95(88-52-28-22-46-82(88)92)99(72-35-11-3-12-36-72)73-37-13-4-14-38-73)78-65-59-69(60-66-78)93-83-47-23-29-53-89(83)96(90-54-30-24-48-84(90)93)100(74-39-15-5-16-40-74)75-41-17-6-18-42-75/h1-17,19-41,43-66H,18,42H2. The third-order valence-electron chi connectivity index (χ3n) is 20.0. The molecule has 0 aromatic heterocycles. The number of hydrogen-bond donors (Lipinski definition) is 0. The number of benzene rings is 17. The summed E-state index contributed by atoms with van der Waals surface area (Å²) in [5, 5.41) is 14.3. The summed E-state index contributed by atoms with van der Waals surface area (Å²) in [7, 11) is 0. The van der Waals surface area contributed by atoms with E-state index in [1.165, 1.54) is 92.7 Å². The molecular formula is C96H68N4. The highest BCUT2D eigenvalue weighted by Crippen LogP contribution is 2.53. The number of anilines is 11. The lowest BCUT2D eigenvalue weighted by Crippen LogP contribution is -2.18. The number of fused-ring (bicyclic) bond motifs is 6. The number of nitrogens with zero attached hydrogens (tertiary/aromatic N) is 4. The molecule has 472 valence electrons. The molecule has 0 spiro atoms. The fraction of sp³-hybridized carbons (Fsp3) is 0.0208. The molecule has 0 bridgehead atoms. The van der Waals surface area contributed by atoms with Crippen molar-refractivity contribution in [3.05, 3.63) is 394 Å². The van der Waals surface area contributed by atoms with E-state index in [1.54, 1.807) is 0 Å². The molecule has 1 aliphatic carbocycles. The zero-order chi connectivity index (χ0) is 66.3. The van der Waals surface area contributed by atoms with Crippen LogP contribution in [0, 0.1) is 0 Å². The Hall–Kier alpha value is -13.0. The molecule has 1 aliphatic rings. The lowest BCUT2D eigenvalue weighted by Gasteiger charge is -2.32. The first-order valence-corrected chi connectivity index (χ1v) is 34.6. The quantitative estimate of drug-likeness (QED) is 0.0949. The molecule has 0 fully saturated rings. The summed E-state index contributed by atoms with van der Waals surface area (Å²) in [6, 6.07) is 136. The van der Waals surface area contributed by atoms with Crippen LogP contribution in [0.15, 0.2) is 394 Å². The zero-order valence-electron chi connectivity index (χ0n) is 55.2. The van der Waals surface area contributed by atoms with Gasteiger partial charge in [-0.25, -0.2) is 0 Å². The Kier molecular flexibility index (Phi) is 15.4. The van der Waals surface area contributed by atoms with Crippen LogP contribution in [0.5, 0.6) is 0 Å². The predicted molar refractivity (Wildman–Crippen MR) is 427 cm³/mol. The van der Waals surface area contributed by atoms with Gasteiger partial charge in [0, 0.05) is 83.5 Å². The van der Waals surface area contributed by atoms with E-state index < -0.39 is 0 Å². The smallest absolute Gasteiger partial charge is 0.0618 e. The van der Waals surface area contributed by atoms with Crippen LogP contribution in [0.25, 0.3) is 98.0 Å². The maximum Gasteiger partial charge on any atom is 0.0618 e. The van der Waals surface area contributed by atoms with Crippen LogP contribution in [-0.2, 0) is 0 Å². The third-order valence-corrected chi connectivity index (χ3v) is 20.0. The van der Waals surface area contributed by atoms with Gasteiger partial charge in [-0.1, -0.05) is 285 Å². The van der Waals surface area contributed by atoms with Crippen LogP contribution >= 0.6 is 0 Å². The fourth-order valence-corrected chi connectivity index (χ4v) is 15.7. The van der Waals surface area contributed by atoms with Gasteiger partial charge in [-0.15, -0.1) is 0 Å². The van der Waals surface area contributed by atoms with Crippen molar-refractivity contribution in [3.8, 4) is 33.4 Å². The molecule has 18 rings (SSSR count). The topological polar surface area (TPSA) is 13.0 Å². The van der Waals surface area contributed by atoms with Crippen LogP contribution in [0.2, 0.25) is 0 Å². The molecule has 0 amide bonds. The molecule has 17 aromatic carbocycles. The summed E-state index contributed by atoms with van der Waals surface area (Å²) in [6.07, 6.45) is 8.73. The summed E-state index contributed by atoms with van der Waals surface area (Å²) in [5.41, 5.74) is 20.6. The number of allylic oxidation sites excluding steroid dienone is 4. The van der Waals surface area contributed by atoms with Gasteiger partial charge in [0.15, 0.2) is 0 Å². The third kappa shape index (κ3) is 10.5. The molecule has 0 aliphatic heterocycles. The van der Waals surface area contributed by atoms with E-state index in [2.05, 4.69) is 408 Å². The Morgan fingerprint density at radius 2 is 0.390 bits per heavy atom. The van der Waals surface area contributed by atoms with Gasteiger partial charge in [0.2, 0.25) is 0 Å². The van der Waals surface area contributed by atoms with Crippen LogP contribution in [0.4, 0.5) is 62.6 Å². The van der Waals surface area contributed by atoms with Crippen molar-refractivity contribution in [2.75, 3.05) is 19.6 Å². The SMILES string of the molecule is C1=CCCC(N(c2ccccc2)c2c3ccccc3c(-c3ccc(N(c4ccc(-c5c6ccccc6c(N(c6ccccc6)c6ccccc6)c6ccccc56)cc4)c4ccc(-c5c6ccccc6c(N(c6ccccc6)c6ccccc6)c6ccccc56)cc4)cc3)c3ccccc23)=C1. The number of hydrogen-bond acceptors (Lipinski definition) is 4. The summed E-state index contributed by atoms with van der Waals surface area (Å²) in [6.45, 7) is 0. The van der Waals surface area contributed by atoms with Crippen molar-refractivity contribution in [1.82, 2.24) is 0 Å². The second-order valence-electron chi connectivity index (χ2n) is 25.7. The molecule has 0 saturated carbocycles. The van der Waals surface area contributed by atoms with Gasteiger partial charge < -0.3 is 19.6 Å². The monoisotopic (exact) mass is 1280 g/mol. The first-order chi connectivity index (χ1) is 49.7. The van der Waals surface area contributed by atoms with Crippen molar-refractivity contribution in [1.29, 1.82) is 0 Å². The van der Waals surface area contributed by atoms with E-state index in [1.807, 2.05) is 0 Å². The number of rotatable bonds is 15. The first-order valence-electron chi connectivity index (χ1n) is 34.6. The Morgan fingerprint density at radius 3 is 0.630 bits per heavy atom. The van der Waals surface area contributed by atoms with Crippen molar-refractivity contribution in [3.63, 3.8) is 0 Å². The fourth-order valence-electron chi connectivity index (χ4n) is 15.7. The lowest BCUT2D eigenvalue weighted by atomic mass is 9.89. The molecule has 4 heteroatoms. The van der Waals surface area contributed by atoms with Gasteiger partial charge >= 0.3 is 0 Å². The van der Waals surface area contributed by atoms with E-state index in [9.17, 15) is 0 Å². The number of para-hydroxylation sites is 5. The highest BCUT2D eigenvalue weighted by molar-refractivity contribution is 6.25. The molecule has 17 aromatic rings. The minimum absolute atomic E-state index is 0.952. The van der Waals surface area contributed by atoms with Crippen molar-refractivity contribution in [2.24, 2.45) is 0 Å². The normalized spacial score (nSPS) is 12.1. The van der Waals surface area contributed by atoms with Gasteiger partial charge in [0.1, 0.15) is 0 Å². The van der Waals surface area contributed by atoms with Crippen LogP contribution < -0.4 is 19.6 Å². The average Bonchev–Trinajstić information content (AvgIpc) is 0.742. The highest BCUT2D eigenvalue weighted by atomic mass is 15.2. The molecule has 0 saturated heterocycles. The molecule has 0 N–H and O–H groups in total. The van der Waals surface area contributed by atoms with Crippen LogP contribution in [0.1, 0.15) is 12.8 Å². The Bertz CT molecular complexity index is 5440. The van der Waals surface area contributed by atoms with E-state index in [0.29, 0.717) is 0 Å². The van der Waals surface area contributed by atoms with Gasteiger partial charge in [-0.3, -0.25) is 0 Å².